The van der Waals surface area contributed by atoms with Gasteiger partial charge in [0.05, 0.1) is 12.0 Å². The number of ether oxygens (including phenoxy) is 1. The summed E-state index contributed by atoms with van der Waals surface area (Å²) in [4.78, 5) is 41.4. The van der Waals surface area contributed by atoms with Crippen molar-refractivity contribution in [3.05, 3.63) is 44.7 Å². The highest BCUT2D eigenvalue weighted by Gasteiger charge is 2.22. The lowest BCUT2D eigenvalue weighted by Gasteiger charge is -2.24. The number of hydrogen-bond donors (Lipinski definition) is 2. The number of carbonyl (C=O) groups is 1. The van der Waals surface area contributed by atoms with Crippen molar-refractivity contribution < 1.29 is 14.6 Å². The summed E-state index contributed by atoms with van der Waals surface area (Å²) in [5.41, 5.74) is 0.307. The van der Waals surface area contributed by atoms with E-state index in [-0.39, 0.29) is 18.6 Å². The van der Waals surface area contributed by atoms with Gasteiger partial charge in [0.1, 0.15) is 5.75 Å². The predicted molar refractivity (Wildman–Crippen MR) is 126 cm³/mol. The van der Waals surface area contributed by atoms with Crippen LogP contribution in [0.3, 0.4) is 0 Å². The average Bonchev–Trinajstić information content (AvgIpc) is 2.76. The molecule has 33 heavy (non-hydrogen) atoms. The van der Waals surface area contributed by atoms with E-state index in [1.807, 2.05) is 39.0 Å². The van der Waals surface area contributed by atoms with Crippen molar-refractivity contribution in [2.24, 2.45) is 11.8 Å². The topological polar surface area (TPSA) is 115 Å². The summed E-state index contributed by atoms with van der Waals surface area (Å²) in [5, 5.41) is 12.4. The quantitative estimate of drug-likeness (QED) is 0.590. The highest BCUT2D eigenvalue weighted by molar-refractivity contribution is 5.69. The molecule has 9 heteroatoms. The van der Waals surface area contributed by atoms with E-state index < -0.39 is 23.3 Å². The number of hydrogen-bond acceptors (Lipinski definition) is 6. The molecule has 0 saturated heterocycles. The van der Waals surface area contributed by atoms with Gasteiger partial charge in [-0.2, -0.15) is 4.98 Å². The fraction of sp³-hybridized carbons (Fsp3) is 0.583. The third-order valence-corrected chi connectivity index (χ3v) is 5.99. The first kappa shape index (κ1) is 24.5. The van der Waals surface area contributed by atoms with Gasteiger partial charge >= 0.3 is 17.3 Å². The number of carboxylic acids is 1. The van der Waals surface area contributed by atoms with E-state index in [0.29, 0.717) is 18.2 Å². The van der Waals surface area contributed by atoms with Gasteiger partial charge in [-0.05, 0) is 63.3 Å². The maximum atomic E-state index is 13.3. The number of nitrogens with one attached hydrogen (secondary N) is 1. The Morgan fingerprint density at radius 2 is 1.88 bits per heavy atom. The zero-order chi connectivity index (χ0) is 24.1. The van der Waals surface area contributed by atoms with Gasteiger partial charge in [-0.3, -0.25) is 9.36 Å². The molecule has 0 radical (unpaired) electrons. The lowest BCUT2D eigenvalue weighted by Crippen LogP contribution is -2.45. The van der Waals surface area contributed by atoms with E-state index in [1.165, 1.54) is 17.9 Å². The normalized spacial score (nSPS) is 15.4. The first-order valence-electron chi connectivity index (χ1n) is 11.6. The third kappa shape index (κ3) is 6.24. The van der Waals surface area contributed by atoms with Crippen molar-refractivity contribution in [2.75, 3.05) is 5.32 Å². The van der Waals surface area contributed by atoms with Crippen LogP contribution in [-0.4, -0.2) is 31.3 Å². The van der Waals surface area contributed by atoms with E-state index in [0.717, 1.165) is 41.6 Å². The Kier molecular flexibility index (Phi) is 7.94. The van der Waals surface area contributed by atoms with Crippen molar-refractivity contribution in [3.63, 3.8) is 0 Å². The van der Waals surface area contributed by atoms with Crippen molar-refractivity contribution in [1.29, 1.82) is 0 Å². The molecule has 1 aliphatic carbocycles. The maximum Gasteiger partial charge on any atom is 0.354 e. The van der Waals surface area contributed by atoms with Gasteiger partial charge in [0, 0.05) is 18.8 Å². The maximum absolute atomic E-state index is 13.3. The summed E-state index contributed by atoms with van der Waals surface area (Å²) in [6.07, 6.45) is 5.48. The standard InChI is InChI=1S/C24H34N4O5/c1-15(2)33-20-11-10-19(12-16(20)3)25-22-26-23(31)28(13-17(4)21(29)30)24(32)27(22)14-18-8-6-5-7-9-18/h10-12,15,17-18H,5-9,13-14H2,1-4H3,(H,29,30)(H,25,26,31)/t17-/m1/s1. The Morgan fingerprint density at radius 3 is 2.48 bits per heavy atom. The third-order valence-electron chi connectivity index (χ3n) is 5.99. The first-order valence-corrected chi connectivity index (χ1v) is 11.6. The Hall–Kier alpha value is -3.10. The van der Waals surface area contributed by atoms with Crippen LogP contribution in [0.25, 0.3) is 0 Å². The summed E-state index contributed by atoms with van der Waals surface area (Å²) >= 11 is 0. The number of anilines is 2. The van der Waals surface area contributed by atoms with E-state index >= 15 is 0 Å². The molecular formula is C24H34N4O5. The molecule has 0 unspecified atom stereocenters. The minimum Gasteiger partial charge on any atom is -0.491 e. The van der Waals surface area contributed by atoms with Gasteiger partial charge in [-0.25, -0.2) is 14.2 Å². The van der Waals surface area contributed by atoms with Crippen molar-refractivity contribution in [1.82, 2.24) is 14.1 Å². The smallest absolute Gasteiger partial charge is 0.354 e. The van der Waals surface area contributed by atoms with Crippen LogP contribution in [0.5, 0.6) is 5.75 Å². The molecular weight excluding hydrogens is 424 g/mol. The van der Waals surface area contributed by atoms with Crippen molar-refractivity contribution >= 4 is 17.6 Å². The van der Waals surface area contributed by atoms with Crippen molar-refractivity contribution in [2.45, 2.75) is 79.0 Å². The van der Waals surface area contributed by atoms with E-state index in [2.05, 4.69) is 10.3 Å². The molecule has 0 amide bonds. The number of aromatic nitrogens is 3. The molecule has 0 spiro atoms. The second kappa shape index (κ2) is 10.7. The van der Waals surface area contributed by atoms with Crippen LogP contribution in [0.2, 0.25) is 0 Å². The molecule has 1 atom stereocenters. The second-order valence-corrected chi connectivity index (χ2v) is 9.24. The lowest BCUT2D eigenvalue weighted by atomic mass is 9.89. The Balaban J connectivity index is 1.98. The molecule has 2 N–H and O–H groups in total. The Morgan fingerprint density at radius 1 is 1.18 bits per heavy atom. The summed E-state index contributed by atoms with van der Waals surface area (Å²) in [7, 11) is 0. The van der Waals surface area contributed by atoms with E-state index in [9.17, 15) is 19.5 Å². The van der Waals surface area contributed by atoms with Gasteiger partial charge in [0.15, 0.2) is 0 Å². The Bertz CT molecular complexity index is 1100. The van der Waals surface area contributed by atoms with Gasteiger partial charge in [0.2, 0.25) is 5.95 Å². The molecule has 180 valence electrons. The number of aryl methyl sites for hydroxylation is 1. The molecule has 1 fully saturated rings. The molecule has 1 aromatic carbocycles. The van der Waals surface area contributed by atoms with Crippen LogP contribution in [0.4, 0.5) is 11.6 Å². The molecule has 3 rings (SSSR count). The van der Waals surface area contributed by atoms with E-state index in [4.69, 9.17) is 4.74 Å². The first-order chi connectivity index (χ1) is 15.7. The summed E-state index contributed by atoms with van der Waals surface area (Å²) in [6, 6.07) is 5.55. The number of carboxylic acid groups (broad SMARTS) is 1. The van der Waals surface area contributed by atoms with Crippen LogP contribution < -0.4 is 21.4 Å². The van der Waals surface area contributed by atoms with Crippen LogP contribution in [0.1, 0.15) is 58.4 Å². The molecule has 1 aliphatic rings. The number of rotatable bonds is 9. The summed E-state index contributed by atoms with van der Waals surface area (Å²) < 4.78 is 8.20. The van der Waals surface area contributed by atoms with Crippen LogP contribution in [0, 0.1) is 18.8 Å². The highest BCUT2D eigenvalue weighted by atomic mass is 16.5. The SMILES string of the molecule is Cc1cc(Nc2nc(=O)n(C[C@@H](C)C(=O)O)c(=O)n2CC2CCCCC2)ccc1OC(C)C. The summed E-state index contributed by atoms with van der Waals surface area (Å²) in [5.74, 6) is -0.699. The van der Waals surface area contributed by atoms with Crippen LogP contribution in [0.15, 0.2) is 27.8 Å². The van der Waals surface area contributed by atoms with Crippen molar-refractivity contribution in [3.8, 4) is 5.75 Å². The molecule has 1 saturated carbocycles. The monoisotopic (exact) mass is 458 g/mol. The molecule has 1 aromatic heterocycles. The number of aliphatic carboxylic acids is 1. The van der Waals surface area contributed by atoms with Gasteiger partial charge in [-0.15, -0.1) is 0 Å². The summed E-state index contributed by atoms with van der Waals surface area (Å²) in [6.45, 7) is 7.53. The Labute approximate surface area is 193 Å². The zero-order valence-electron chi connectivity index (χ0n) is 19.8. The van der Waals surface area contributed by atoms with Gasteiger partial charge in [0.25, 0.3) is 0 Å². The van der Waals surface area contributed by atoms with Gasteiger partial charge < -0.3 is 15.2 Å². The fourth-order valence-corrected chi connectivity index (χ4v) is 4.17. The molecule has 0 aliphatic heterocycles. The number of benzene rings is 1. The lowest BCUT2D eigenvalue weighted by molar-refractivity contribution is -0.141. The zero-order valence-corrected chi connectivity index (χ0v) is 19.8. The fourth-order valence-electron chi connectivity index (χ4n) is 4.17. The predicted octanol–water partition coefficient (Wildman–Crippen LogP) is 3.55. The van der Waals surface area contributed by atoms with Gasteiger partial charge in [-0.1, -0.05) is 26.2 Å². The van der Waals surface area contributed by atoms with Crippen LogP contribution >= 0.6 is 0 Å². The number of nitrogens with zero attached hydrogens (tertiary/aromatic N) is 3. The second-order valence-electron chi connectivity index (χ2n) is 9.24. The molecule has 1 heterocycles. The minimum atomic E-state index is -1.07. The van der Waals surface area contributed by atoms with Crippen LogP contribution in [-0.2, 0) is 17.9 Å². The highest BCUT2D eigenvalue weighted by Crippen LogP contribution is 2.27. The molecule has 9 nitrogen and oxygen atoms in total. The minimum absolute atomic E-state index is 0.0469. The molecule has 2 aromatic rings. The van der Waals surface area contributed by atoms with E-state index in [1.54, 1.807) is 0 Å². The molecule has 0 bridgehead atoms. The largest absolute Gasteiger partial charge is 0.491 e. The average molecular weight is 459 g/mol.